The molecule has 4 rings (SSSR count). The smallest absolute Gasteiger partial charge is 0.254 e. The number of anilines is 1. The number of rotatable bonds is 6. The van der Waals surface area contributed by atoms with Gasteiger partial charge in [-0.05, 0) is 35.9 Å². The van der Waals surface area contributed by atoms with Crippen LogP contribution in [0.3, 0.4) is 0 Å². The fraction of sp³-hybridized carbons (Fsp3) is 0.409. The lowest BCUT2D eigenvalue weighted by molar-refractivity contribution is 0.0730. The van der Waals surface area contributed by atoms with Crippen molar-refractivity contribution in [2.75, 3.05) is 57.5 Å². The second-order valence-electron chi connectivity index (χ2n) is 7.61. The first-order chi connectivity index (χ1) is 15.4. The Morgan fingerprint density at radius 1 is 0.938 bits per heavy atom. The number of morpholine rings is 2. The van der Waals surface area contributed by atoms with E-state index in [1.165, 1.54) is 10.4 Å². The molecule has 2 aliphatic rings. The van der Waals surface area contributed by atoms with Crippen molar-refractivity contribution in [1.29, 1.82) is 0 Å². The number of carbonyl (C=O) groups is 1. The van der Waals surface area contributed by atoms with E-state index in [0.717, 1.165) is 36.5 Å². The van der Waals surface area contributed by atoms with Crippen LogP contribution < -0.4 is 10.2 Å². The van der Waals surface area contributed by atoms with Crippen LogP contribution in [0.4, 0.5) is 10.1 Å². The Balaban J connectivity index is 1.42. The lowest BCUT2D eigenvalue weighted by atomic mass is 10.1. The normalized spacial score (nSPS) is 17.8. The summed E-state index contributed by atoms with van der Waals surface area (Å²) in [5.41, 5.74) is 1.63. The fourth-order valence-corrected chi connectivity index (χ4v) is 5.13. The number of hydrogen-bond donors (Lipinski definition) is 1. The summed E-state index contributed by atoms with van der Waals surface area (Å²) in [6.07, 6.45) is 0. The molecule has 8 nitrogen and oxygen atoms in total. The zero-order chi connectivity index (χ0) is 22.6. The van der Waals surface area contributed by atoms with Crippen molar-refractivity contribution in [3.05, 3.63) is 59.4 Å². The van der Waals surface area contributed by atoms with Crippen LogP contribution >= 0.6 is 0 Å². The summed E-state index contributed by atoms with van der Waals surface area (Å²) in [7, 11) is -3.82. The molecule has 1 amide bonds. The largest absolute Gasteiger partial charge is 0.379 e. The van der Waals surface area contributed by atoms with Crippen molar-refractivity contribution < 1.29 is 27.1 Å². The quantitative estimate of drug-likeness (QED) is 0.701. The average Bonchev–Trinajstić information content (AvgIpc) is 2.84. The second kappa shape index (κ2) is 9.95. The zero-order valence-electron chi connectivity index (χ0n) is 17.6. The van der Waals surface area contributed by atoms with Gasteiger partial charge < -0.3 is 19.7 Å². The van der Waals surface area contributed by atoms with Crippen LogP contribution in [-0.4, -0.2) is 71.2 Å². The number of hydrogen-bond acceptors (Lipinski definition) is 6. The van der Waals surface area contributed by atoms with E-state index < -0.39 is 21.7 Å². The third kappa shape index (κ3) is 5.09. The third-order valence-corrected chi connectivity index (χ3v) is 7.45. The Morgan fingerprint density at radius 2 is 1.56 bits per heavy atom. The molecule has 10 heteroatoms. The summed E-state index contributed by atoms with van der Waals surface area (Å²) in [5.74, 6) is -1.44. The van der Waals surface area contributed by atoms with Crippen molar-refractivity contribution in [3.8, 4) is 0 Å². The van der Waals surface area contributed by atoms with Crippen LogP contribution in [0.5, 0.6) is 0 Å². The molecule has 32 heavy (non-hydrogen) atoms. The molecule has 2 saturated heterocycles. The number of amides is 1. The van der Waals surface area contributed by atoms with E-state index in [1.807, 2.05) is 24.3 Å². The van der Waals surface area contributed by atoms with Gasteiger partial charge in [0.25, 0.3) is 5.91 Å². The minimum Gasteiger partial charge on any atom is -0.379 e. The first kappa shape index (κ1) is 22.7. The molecule has 2 aromatic carbocycles. The molecule has 2 fully saturated rings. The predicted molar refractivity (Wildman–Crippen MR) is 117 cm³/mol. The summed E-state index contributed by atoms with van der Waals surface area (Å²) < 4.78 is 51.8. The van der Waals surface area contributed by atoms with E-state index in [2.05, 4.69) is 10.2 Å². The highest BCUT2D eigenvalue weighted by atomic mass is 32.2. The number of nitrogens with zero attached hydrogens (tertiary/aromatic N) is 2. The summed E-state index contributed by atoms with van der Waals surface area (Å²) in [4.78, 5) is 14.7. The van der Waals surface area contributed by atoms with Gasteiger partial charge in [0.2, 0.25) is 10.0 Å². The highest BCUT2D eigenvalue weighted by Gasteiger charge is 2.28. The number of halogens is 1. The molecular formula is C22H26FN3O5S. The predicted octanol–water partition coefficient (Wildman–Crippen LogP) is 1.61. The minimum atomic E-state index is -3.82. The van der Waals surface area contributed by atoms with Gasteiger partial charge in [0.1, 0.15) is 5.82 Å². The van der Waals surface area contributed by atoms with Crippen molar-refractivity contribution in [1.82, 2.24) is 9.62 Å². The first-order valence-corrected chi connectivity index (χ1v) is 12.0. The van der Waals surface area contributed by atoms with Gasteiger partial charge in [-0.3, -0.25) is 4.79 Å². The molecule has 0 spiro atoms. The summed E-state index contributed by atoms with van der Waals surface area (Å²) in [6.45, 7) is 4.31. The molecule has 2 aromatic rings. The van der Waals surface area contributed by atoms with Crippen LogP contribution in [-0.2, 0) is 26.0 Å². The molecule has 0 radical (unpaired) electrons. The molecule has 0 atom stereocenters. The third-order valence-electron chi connectivity index (χ3n) is 5.56. The Bertz CT molecular complexity index is 1050. The van der Waals surface area contributed by atoms with Gasteiger partial charge in [-0.2, -0.15) is 4.31 Å². The van der Waals surface area contributed by atoms with Crippen LogP contribution in [0.2, 0.25) is 0 Å². The SMILES string of the molecule is O=C(NCc1ccc(N2CCOCC2)cc1)c1cc(S(=O)(=O)N2CCOCC2)ccc1F. The Labute approximate surface area is 187 Å². The molecule has 2 aliphatic heterocycles. The van der Waals surface area contributed by atoms with E-state index in [1.54, 1.807) is 0 Å². The monoisotopic (exact) mass is 463 g/mol. The maximum absolute atomic E-state index is 14.3. The van der Waals surface area contributed by atoms with Crippen molar-refractivity contribution in [2.45, 2.75) is 11.4 Å². The topological polar surface area (TPSA) is 88.2 Å². The van der Waals surface area contributed by atoms with Gasteiger partial charge in [-0.15, -0.1) is 0 Å². The molecule has 1 N–H and O–H groups in total. The molecule has 2 heterocycles. The van der Waals surface area contributed by atoms with Gasteiger partial charge in [0, 0.05) is 38.4 Å². The number of benzene rings is 2. The molecular weight excluding hydrogens is 437 g/mol. The van der Waals surface area contributed by atoms with E-state index >= 15 is 0 Å². The Morgan fingerprint density at radius 3 is 2.22 bits per heavy atom. The van der Waals surface area contributed by atoms with Crippen molar-refractivity contribution >= 4 is 21.6 Å². The van der Waals surface area contributed by atoms with Gasteiger partial charge >= 0.3 is 0 Å². The number of sulfonamides is 1. The molecule has 172 valence electrons. The maximum atomic E-state index is 14.3. The van der Waals surface area contributed by atoms with Gasteiger partial charge in [-0.1, -0.05) is 12.1 Å². The first-order valence-electron chi connectivity index (χ1n) is 10.5. The number of ether oxygens (including phenoxy) is 2. The van der Waals surface area contributed by atoms with Crippen LogP contribution in [0.15, 0.2) is 47.4 Å². The van der Waals surface area contributed by atoms with E-state index in [9.17, 15) is 17.6 Å². The summed E-state index contributed by atoms with van der Waals surface area (Å²) in [5, 5.41) is 2.67. The van der Waals surface area contributed by atoms with Gasteiger partial charge in [-0.25, -0.2) is 12.8 Å². The molecule has 0 unspecified atom stereocenters. The molecule has 0 aliphatic carbocycles. The number of carbonyl (C=O) groups excluding carboxylic acids is 1. The van der Waals surface area contributed by atoms with Gasteiger partial charge in [0.05, 0.1) is 36.9 Å². The summed E-state index contributed by atoms with van der Waals surface area (Å²) in [6, 6.07) is 11.0. The zero-order valence-corrected chi connectivity index (χ0v) is 18.4. The van der Waals surface area contributed by atoms with Crippen LogP contribution in [0.25, 0.3) is 0 Å². The molecule has 0 bridgehead atoms. The summed E-state index contributed by atoms with van der Waals surface area (Å²) >= 11 is 0. The van der Waals surface area contributed by atoms with Crippen LogP contribution in [0.1, 0.15) is 15.9 Å². The lowest BCUT2D eigenvalue weighted by Crippen LogP contribution is -2.40. The second-order valence-corrected chi connectivity index (χ2v) is 9.54. The fourth-order valence-electron chi connectivity index (χ4n) is 3.70. The van der Waals surface area contributed by atoms with Gasteiger partial charge in [0.15, 0.2) is 0 Å². The Hall–Kier alpha value is -2.53. The maximum Gasteiger partial charge on any atom is 0.254 e. The highest BCUT2D eigenvalue weighted by molar-refractivity contribution is 7.89. The van der Waals surface area contributed by atoms with E-state index in [-0.39, 0.29) is 30.1 Å². The number of nitrogens with one attached hydrogen (secondary N) is 1. The van der Waals surface area contributed by atoms with Crippen molar-refractivity contribution in [3.63, 3.8) is 0 Å². The molecule has 0 aromatic heterocycles. The lowest BCUT2D eigenvalue weighted by Gasteiger charge is -2.28. The minimum absolute atomic E-state index is 0.110. The standard InChI is InChI=1S/C22H26FN3O5S/c23-21-6-5-19(32(28,29)26-9-13-31-14-10-26)15-20(21)22(27)24-16-17-1-3-18(4-2-17)25-7-11-30-12-8-25/h1-6,15H,7-14,16H2,(H,24,27). The van der Waals surface area contributed by atoms with Crippen LogP contribution in [0, 0.1) is 5.82 Å². The Kier molecular flexibility index (Phi) is 7.04. The van der Waals surface area contributed by atoms with E-state index in [4.69, 9.17) is 9.47 Å². The average molecular weight is 464 g/mol. The van der Waals surface area contributed by atoms with Crippen molar-refractivity contribution in [2.24, 2.45) is 0 Å². The van der Waals surface area contributed by atoms with E-state index in [0.29, 0.717) is 26.4 Å². The molecule has 0 saturated carbocycles. The highest BCUT2D eigenvalue weighted by Crippen LogP contribution is 2.21.